The van der Waals surface area contributed by atoms with Crippen LogP contribution in [0.4, 0.5) is 13.2 Å². The van der Waals surface area contributed by atoms with Gasteiger partial charge in [0.1, 0.15) is 0 Å². The van der Waals surface area contributed by atoms with E-state index in [2.05, 4.69) is 10.1 Å². The number of ketones is 1. The fourth-order valence-electron chi connectivity index (χ4n) is 2.47. The van der Waals surface area contributed by atoms with Crippen LogP contribution in [0.5, 0.6) is 0 Å². The van der Waals surface area contributed by atoms with Gasteiger partial charge in [-0.1, -0.05) is 12.1 Å². The summed E-state index contributed by atoms with van der Waals surface area (Å²) < 4.78 is 39.9. The molecule has 0 aliphatic rings. The molecule has 0 spiro atoms. The smallest absolute Gasteiger partial charge is 0.289 e. The minimum Gasteiger partial charge on any atom is -0.289 e. The molecule has 0 saturated carbocycles. The highest BCUT2D eigenvalue weighted by atomic mass is 19.4. The maximum Gasteiger partial charge on any atom is 0.416 e. The average molecular weight is 357 g/mol. The van der Waals surface area contributed by atoms with E-state index in [4.69, 9.17) is 0 Å². The fraction of sp³-hybridized carbons (Fsp3) is 0.105. The van der Waals surface area contributed by atoms with Gasteiger partial charge >= 0.3 is 6.18 Å². The Bertz CT molecular complexity index is 960. The van der Waals surface area contributed by atoms with Crippen LogP contribution in [0, 0.1) is 0 Å². The molecule has 132 valence electrons. The molecule has 0 atom stereocenters. The van der Waals surface area contributed by atoms with Gasteiger partial charge in [-0.2, -0.15) is 18.3 Å². The zero-order valence-corrected chi connectivity index (χ0v) is 13.7. The van der Waals surface area contributed by atoms with E-state index in [1.165, 1.54) is 18.2 Å². The molecule has 0 N–H and O–H groups in total. The van der Waals surface area contributed by atoms with Crippen LogP contribution >= 0.6 is 0 Å². The van der Waals surface area contributed by atoms with E-state index in [0.717, 1.165) is 17.7 Å². The number of pyridine rings is 1. The van der Waals surface area contributed by atoms with Gasteiger partial charge in [0.2, 0.25) is 0 Å². The van der Waals surface area contributed by atoms with Crippen molar-refractivity contribution in [2.24, 2.45) is 7.05 Å². The number of rotatable bonds is 4. The Labute approximate surface area is 147 Å². The van der Waals surface area contributed by atoms with Crippen molar-refractivity contribution < 1.29 is 18.0 Å². The standard InChI is InChI=1S/C19H14F3N3O/c1-25-12-15(18(24-25)13-7-9-23-10-8-13)5-6-17(26)14-3-2-4-16(11-14)19(20,21)22/h2-12H,1H3/b6-5+. The molecule has 1 aromatic carbocycles. The molecule has 0 aliphatic carbocycles. The summed E-state index contributed by atoms with van der Waals surface area (Å²) in [7, 11) is 1.75. The van der Waals surface area contributed by atoms with Crippen LogP contribution in [0.1, 0.15) is 21.5 Å². The van der Waals surface area contributed by atoms with Crippen molar-refractivity contribution in [2.75, 3.05) is 0 Å². The third-order valence-electron chi connectivity index (χ3n) is 3.70. The Kier molecular flexibility index (Phi) is 4.71. The minimum absolute atomic E-state index is 0.0228. The zero-order valence-electron chi connectivity index (χ0n) is 13.7. The molecule has 0 aliphatic heterocycles. The molecule has 0 radical (unpaired) electrons. The second kappa shape index (κ2) is 6.95. The highest BCUT2D eigenvalue weighted by molar-refractivity contribution is 6.07. The van der Waals surface area contributed by atoms with Gasteiger partial charge in [-0.25, -0.2) is 0 Å². The van der Waals surface area contributed by atoms with Gasteiger partial charge in [0.15, 0.2) is 5.78 Å². The van der Waals surface area contributed by atoms with Crippen LogP contribution in [-0.4, -0.2) is 20.5 Å². The first-order chi connectivity index (χ1) is 12.3. The maximum absolute atomic E-state index is 12.8. The van der Waals surface area contributed by atoms with E-state index in [9.17, 15) is 18.0 Å². The maximum atomic E-state index is 12.8. The summed E-state index contributed by atoms with van der Waals surface area (Å²) in [5.41, 5.74) is 1.29. The molecule has 0 amide bonds. The van der Waals surface area contributed by atoms with Gasteiger partial charge in [-0.3, -0.25) is 14.5 Å². The third-order valence-corrected chi connectivity index (χ3v) is 3.70. The van der Waals surface area contributed by atoms with Gasteiger partial charge < -0.3 is 0 Å². The van der Waals surface area contributed by atoms with Crippen molar-refractivity contribution in [3.05, 3.63) is 77.8 Å². The molecule has 0 unspecified atom stereocenters. The number of halogens is 3. The Morgan fingerprint density at radius 1 is 1.15 bits per heavy atom. The third kappa shape index (κ3) is 3.88. The quantitative estimate of drug-likeness (QED) is 0.514. The van der Waals surface area contributed by atoms with Crippen molar-refractivity contribution in [2.45, 2.75) is 6.18 Å². The minimum atomic E-state index is -4.49. The number of carbonyl (C=O) groups is 1. The number of carbonyl (C=O) groups excluding carboxylic acids is 1. The first-order valence-electron chi connectivity index (χ1n) is 7.68. The van der Waals surface area contributed by atoms with Crippen LogP contribution in [0.3, 0.4) is 0 Å². The van der Waals surface area contributed by atoms with Crippen molar-refractivity contribution >= 4 is 11.9 Å². The molecule has 0 fully saturated rings. The lowest BCUT2D eigenvalue weighted by molar-refractivity contribution is -0.137. The SMILES string of the molecule is Cn1cc(/C=C/C(=O)c2cccc(C(F)(F)F)c2)c(-c2ccncc2)n1. The molecular formula is C19H14F3N3O. The lowest BCUT2D eigenvalue weighted by Gasteiger charge is -2.07. The summed E-state index contributed by atoms with van der Waals surface area (Å²) in [6.07, 6.45) is 3.29. The Morgan fingerprint density at radius 3 is 2.58 bits per heavy atom. The van der Waals surface area contributed by atoms with E-state index in [-0.39, 0.29) is 5.56 Å². The molecular weight excluding hydrogens is 343 g/mol. The summed E-state index contributed by atoms with van der Waals surface area (Å²) in [5, 5.41) is 4.36. The van der Waals surface area contributed by atoms with Crippen molar-refractivity contribution in [1.82, 2.24) is 14.8 Å². The summed E-state index contributed by atoms with van der Waals surface area (Å²) >= 11 is 0. The topological polar surface area (TPSA) is 47.8 Å². The van der Waals surface area contributed by atoms with Gasteiger partial charge in [0.25, 0.3) is 0 Å². The van der Waals surface area contributed by atoms with E-state index < -0.39 is 17.5 Å². The Morgan fingerprint density at radius 2 is 1.88 bits per heavy atom. The molecule has 26 heavy (non-hydrogen) atoms. The van der Waals surface area contributed by atoms with E-state index in [0.29, 0.717) is 11.3 Å². The first kappa shape index (κ1) is 17.6. The van der Waals surface area contributed by atoms with Crippen LogP contribution in [0.25, 0.3) is 17.3 Å². The second-order valence-electron chi connectivity index (χ2n) is 5.62. The lowest BCUT2D eigenvalue weighted by Crippen LogP contribution is -2.06. The van der Waals surface area contributed by atoms with Crippen LogP contribution < -0.4 is 0 Å². The highest BCUT2D eigenvalue weighted by Crippen LogP contribution is 2.29. The molecule has 0 saturated heterocycles. The largest absolute Gasteiger partial charge is 0.416 e. The predicted molar refractivity (Wildman–Crippen MR) is 91.2 cm³/mol. The van der Waals surface area contributed by atoms with Crippen LogP contribution in [0.2, 0.25) is 0 Å². The first-order valence-corrected chi connectivity index (χ1v) is 7.68. The number of aromatic nitrogens is 3. The van der Waals surface area contributed by atoms with E-state index in [1.807, 2.05) is 0 Å². The monoisotopic (exact) mass is 357 g/mol. The molecule has 2 aromatic heterocycles. The molecule has 0 bridgehead atoms. The summed E-state index contributed by atoms with van der Waals surface area (Å²) in [6.45, 7) is 0. The highest BCUT2D eigenvalue weighted by Gasteiger charge is 2.30. The molecule has 3 rings (SSSR count). The average Bonchev–Trinajstić information content (AvgIpc) is 3.00. The number of hydrogen-bond donors (Lipinski definition) is 0. The normalized spacial score (nSPS) is 11.8. The van der Waals surface area contributed by atoms with E-state index in [1.54, 1.807) is 48.5 Å². The van der Waals surface area contributed by atoms with Crippen LogP contribution in [-0.2, 0) is 13.2 Å². The molecule has 2 heterocycles. The Balaban J connectivity index is 1.88. The predicted octanol–water partition coefficient (Wildman–Crippen LogP) is 4.40. The summed E-state index contributed by atoms with van der Waals surface area (Å²) in [5.74, 6) is -0.513. The number of allylic oxidation sites excluding steroid dienone is 1. The molecule has 4 nitrogen and oxygen atoms in total. The fourth-order valence-corrected chi connectivity index (χ4v) is 2.47. The number of nitrogens with zero attached hydrogens (tertiary/aromatic N) is 3. The van der Waals surface area contributed by atoms with Crippen LogP contribution in [0.15, 0.2) is 61.1 Å². The van der Waals surface area contributed by atoms with E-state index >= 15 is 0 Å². The van der Waals surface area contributed by atoms with Gasteiger partial charge in [-0.15, -0.1) is 0 Å². The van der Waals surface area contributed by atoms with Crippen molar-refractivity contribution in [3.8, 4) is 11.3 Å². The summed E-state index contributed by atoms with van der Waals surface area (Å²) in [4.78, 5) is 16.2. The summed E-state index contributed by atoms with van der Waals surface area (Å²) in [6, 6.07) is 7.93. The van der Waals surface area contributed by atoms with Gasteiger partial charge in [-0.05, 0) is 36.4 Å². The van der Waals surface area contributed by atoms with Gasteiger partial charge in [0.05, 0.1) is 11.3 Å². The van der Waals surface area contributed by atoms with Crippen molar-refractivity contribution in [3.63, 3.8) is 0 Å². The van der Waals surface area contributed by atoms with Crippen molar-refractivity contribution in [1.29, 1.82) is 0 Å². The van der Waals surface area contributed by atoms with Gasteiger partial charge in [0, 0.05) is 42.3 Å². The number of alkyl halides is 3. The lowest BCUT2D eigenvalue weighted by atomic mass is 10.0. The number of hydrogen-bond acceptors (Lipinski definition) is 3. The molecule has 3 aromatic rings. The number of aryl methyl sites for hydroxylation is 1. The Hall–Kier alpha value is -3.22. The number of benzene rings is 1. The second-order valence-corrected chi connectivity index (χ2v) is 5.62. The molecule has 7 heteroatoms. The zero-order chi connectivity index (χ0) is 18.7.